The normalized spacial score (nSPS) is 20.3. The molecule has 2 atom stereocenters. The third-order valence-electron chi connectivity index (χ3n) is 3.95. The van der Waals surface area contributed by atoms with E-state index in [0.29, 0.717) is 12.3 Å². The molecule has 0 aliphatic carbocycles. The highest BCUT2D eigenvalue weighted by Crippen LogP contribution is 2.23. The van der Waals surface area contributed by atoms with E-state index in [-0.39, 0.29) is 11.9 Å². The predicted octanol–water partition coefficient (Wildman–Crippen LogP) is 3.41. The van der Waals surface area contributed by atoms with E-state index in [4.69, 9.17) is 17.3 Å². The second kappa shape index (κ2) is 8.06. The Labute approximate surface area is 136 Å². The van der Waals surface area contributed by atoms with Crippen molar-refractivity contribution < 1.29 is 4.79 Å². The van der Waals surface area contributed by atoms with Gasteiger partial charge in [0.15, 0.2) is 0 Å². The minimum Gasteiger partial charge on any atom is -0.342 e. The number of thioether (sulfide) groups is 1. The van der Waals surface area contributed by atoms with Crippen molar-refractivity contribution in [2.75, 3.05) is 18.8 Å². The molecule has 3 nitrogen and oxygen atoms in total. The first-order valence-corrected chi connectivity index (χ1v) is 8.84. The van der Waals surface area contributed by atoms with Gasteiger partial charge in [-0.3, -0.25) is 4.79 Å². The molecule has 116 valence electrons. The molecule has 1 amide bonds. The fourth-order valence-corrected chi connectivity index (χ4v) is 3.58. The fraction of sp³-hybridized carbons (Fsp3) is 0.562. The molecule has 1 saturated heterocycles. The molecule has 0 aromatic heterocycles. The Kier molecular flexibility index (Phi) is 6.40. The van der Waals surface area contributed by atoms with Crippen molar-refractivity contribution in [3.63, 3.8) is 0 Å². The summed E-state index contributed by atoms with van der Waals surface area (Å²) in [6, 6.07) is 7.91. The Morgan fingerprint density at radius 1 is 1.48 bits per heavy atom. The summed E-state index contributed by atoms with van der Waals surface area (Å²) in [5, 5.41) is 0.741. The summed E-state index contributed by atoms with van der Waals surface area (Å²) in [4.78, 5) is 15.4. The van der Waals surface area contributed by atoms with Crippen molar-refractivity contribution in [3.05, 3.63) is 29.3 Å². The summed E-state index contributed by atoms with van der Waals surface area (Å²) >= 11 is 7.55. The van der Waals surface area contributed by atoms with Crippen LogP contribution in [-0.2, 0) is 4.79 Å². The second-order valence-electron chi connectivity index (χ2n) is 5.65. The maximum absolute atomic E-state index is 12.3. The molecule has 0 radical (unpaired) electrons. The van der Waals surface area contributed by atoms with Gasteiger partial charge in [0, 0.05) is 41.2 Å². The van der Waals surface area contributed by atoms with Gasteiger partial charge in [0.2, 0.25) is 5.91 Å². The Balaban J connectivity index is 1.75. The minimum absolute atomic E-state index is 0.170. The second-order valence-corrected chi connectivity index (χ2v) is 7.26. The molecule has 0 bridgehead atoms. The zero-order chi connectivity index (χ0) is 15.2. The third-order valence-corrected chi connectivity index (χ3v) is 5.22. The van der Waals surface area contributed by atoms with Gasteiger partial charge in [-0.1, -0.05) is 11.6 Å². The Morgan fingerprint density at radius 2 is 2.19 bits per heavy atom. The predicted molar refractivity (Wildman–Crippen MR) is 89.7 cm³/mol. The number of rotatable bonds is 5. The van der Waals surface area contributed by atoms with Gasteiger partial charge in [-0.05, 0) is 49.9 Å². The quantitative estimate of drug-likeness (QED) is 0.843. The van der Waals surface area contributed by atoms with E-state index in [0.717, 1.165) is 41.6 Å². The van der Waals surface area contributed by atoms with Crippen LogP contribution in [0.4, 0.5) is 0 Å². The van der Waals surface area contributed by atoms with Crippen LogP contribution in [0.1, 0.15) is 26.2 Å². The van der Waals surface area contributed by atoms with Crippen LogP contribution in [0, 0.1) is 5.92 Å². The molecule has 1 aromatic carbocycles. The van der Waals surface area contributed by atoms with E-state index in [2.05, 4.69) is 0 Å². The molecule has 1 aliphatic rings. The molecule has 2 rings (SSSR count). The number of benzene rings is 1. The maximum Gasteiger partial charge on any atom is 0.223 e. The molecular weight excluding hydrogens is 304 g/mol. The first-order valence-electron chi connectivity index (χ1n) is 7.48. The molecule has 2 N–H and O–H groups in total. The highest BCUT2D eigenvalue weighted by molar-refractivity contribution is 7.99. The molecule has 5 heteroatoms. The standard InChI is InChI=1S/C16H23ClN2OS/c1-12(18)13-3-2-9-19(11-13)16(20)8-10-21-15-6-4-14(17)5-7-15/h4-7,12-13H,2-3,8-11,18H2,1H3. The van der Waals surface area contributed by atoms with E-state index in [1.165, 1.54) is 0 Å². The number of piperidine rings is 1. The lowest BCUT2D eigenvalue weighted by Crippen LogP contribution is -2.45. The molecule has 1 aliphatic heterocycles. The number of hydrogen-bond acceptors (Lipinski definition) is 3. The molecule has 1 fully saturated rings. The summed E-state index contributed by atoms with van der Waals surface area (Å²) in [5.74, 6) is 1.51. The van der Waals surface area contributed by atoms with Crippen LogP contribution in [0.2, 0.25) is 5.02 Å². The van der Waals surface area contributed by atoms with Crippen molar-refractivity contribution in [2.24, 2.45) is 11.7 Å². The number of carbonyl (C=O) groups is 1. The van der Waals surface area contributed by atoms with Crippen LogP contribution in [0.3, 0.4) is 0 Å². The summed E-state index contributed by atoms with van der Waals surface area (Å²) in [6.07, 6.45) is 2.79. The summed E-state index contributed by atoms with van der Waals surface area (Å²) in [6.45, 7) is 3.74. The van der Waals surface area contributed by atoms with Gasteiger partial charge in [-0.2, -0.15) is 0 Å². The SMILES string of the molecule is CC(N)C1CCCN(C(=O)CCSc2ccc(Cl)cc2)C1. The van der Waals surface area contributed by atoms with Gasteiger partial charge in [0.1, 0.15) is 0 Å². The summed E-state index contributed by atoms with van der Waals surface area (Å²) in [5.41, 5.74) is 5.96. The molecule has 0 spiro atoms. The zero-order valence-electron chi connectivity index (χ0n) is 12.4. The lowest BCUT2D eigenvalue weighted by Gasteiger charge is -2.34. The zero-order valence-corrected chi connectivity index (χ0v) is 14.0. The Hall–Kier alpha value is -0.710. The lowest BCUT2D eigenvalue weighted by atomic mass is 9.92. The van der Waals surface area contributed by atoms with Gasteiger partial charge in [-0.15, -0.1) is 11.8 Å². The van der Waals surface area contributed by atoms with E-state index in [1.54, 1.807) is 11.8 Å². The fourth-order valence-electron chi connectivity index (χ4n) is 2.61. The van der Waals surface area contributed by atoms with Crippen LogP contribution < -0.4 is 5.73 Å². The van der Waals surface area contributed by atoms with E-state index in [1.807, 2.05) is 36.1 Å². The van der Waals surface area contributed by atoms with Crippen LogP contribution in [0.15, 0.2) is 29.2 Å². The van der Waals surface area contributed by atoms with Crippen molar-refractivity contribution in [1.29, 1.82) is 0 Å². The van der Waals surface area contributed by atoms with Gasteiger partial charge >= 0.3 is 0 Å². The number of nitrogens with zero attached hydrogens (tertiary/aromatic N) is 1. The van der Waals surface area contributed by atoms with Crippen LogP contribution >= 0.6 is 23.4 Å². The minimum atomic E-state index is 0.170. The Morgan fingerprint density at radius 3 is 2.86 bits per heavy atom. The molecule has 0 saturated carbocycles. The monoisotopic (exact) mass is 326 g/mol. The molecule has 21 heavy (non-hydrogen) atoms. The van der Waals surface area contributed by atoms with Gasteiger partial charge in [-0.25, -0.2) is 0 Å². The van der Waals surface area contributed by atoms with Crippen molar-refractivity contribution in [2.45, 2.75) is 37.1 Å². The average molecular weight is 327 g/mol. The van der Waals surface area contributed by atoms with Gasteiger partial charge < -0.3 is 10.6 Å². The van der Waals surface area contributed by atoms with Gasteiger partial charge in [0.05, 0.1) is 0 Å². The van der Waals surface area contributed by atoms with Crippen molar-refractivity contribution in [1.82, 2.24) is 4.90 Å². The number of nitrogens with two attached hydrogens (primary N) is 1. The number of amides is 1. The molecular formula is C16H23ClN2OS. The van der Waals surface area contributed by atoms with E-state index in [9.17, 15) is 4.79 Å². The summed E-state index contributed by atoms with van der Waals surface area (Å²) < 4.78 is 0. The molecule has 2 unspecified atom stereocenters. The van der Waals surface area contributed by atoms with Crippen LogP contribution in [-0.4, -0.2) is 35.7 Å². The van der Waals surface area contributed by atoms with Crippen LogP contribution in [0.25, 0.3) is 0 Å². The van der Waals surface area contributed by atoms with E-state index >= 15 is 0 Å². The average Bonchev–Trinajstić information content (AvgIpc) is 2.49. The molecule has 1 aromatic rings. The number of carbonyl (C=O) groups excluding carboxylic acids is 1. The number of halogens is 1. The highest BCUT2D eigenvalue weighted by Gasteiger charge is 2.25. The van der Waals surface area contributed by atoms with Gasteiger partial charge in [0.25, 0.3) is 0 Å². The third kappa shape index (κ3) is 5.20. The van der Waals surface area contributed by atoms with Crippen LogP contribution in [0.5, 0.6) is 0 Å². The summed E-state index contributed by atoms with van der Waals surface area (Å²) in [7, 11) is 0. The van der Waals surface area contributed by atoms with Crippen molar-refractivity contribution in [3.8, 4) is 0 Å². The topological polar surface area (TPSA) is 46.3 Å². The first kappa shape index (κ1) is 16.7. The lowest BCUT2D eigenvalue weighted by molar-refractivity contribution is -0.132. The Bertz CT molecular complexity index is 464. The number of hydrogen-bond donors (Lipinski definition) is 1. The molecule has 1 heterocycles. The number of likely N-dealkylation sites (tertiary alicyclic amines) is 1. The largest absolute Gasteiger partial charge is 0.342 e. The first-order chi connectivity index (χ1) is 10.1. The maximum atomic E-state index is 12.3. The van der Waals surface area contributed by atoms with E-state index < -0.39 is 0 Å². The smallest absolute Gasteiger partial charge is 0.223 e. The van der Waals surface area contributed by atoms with Crippen molar-refractivity contribution >= 4 is 29.3 Å². The highest BCUT2D eigenvalue weighted by atomic mass is 35.5.